The molecule has 0 aromatic heterocycles. The third kappa shape index (κ3) is 5.16. The van der Waals surface area contributed by atoms with Crippen LogP contribution >= 0.6 is 11.6 Å². The van der Waals surface area contributed by atoms with E-state index in [2.05, 4.69) is 58.9 Å². The Kier molecular flexibility index (Phi) is 6.07. The fourth-order valence-electron chi connectivity index (χ4n) is 2.11. The quantitative estimate of drug-likeness (QED) is 0.745. The fraction of sp³-hybridized carbons (Fsp3) is 0.588. The Morgan fingerprint density at radius 3 is 2.15 bits per heavy atom. The van der Waals surface area contributed by atoms with E-state index in [1.165, 1.54) is 5.56 Å². The van der Waals surface area contributed by atoms with E-state index < -0.39 is 0 Å². The second kappa shape index (κ2) is 7.12. The summed E-state index contributed by atoms with van der Waals surface area (Å²) in [5, 5.41) is 0. The zero-order valence-electron chi connectivity index (χ0n) is 13.2. The number of carbonyl (C=O) groups excluding carboxylic acids is 1. The summed E-state index contributed by atoms with van der Waals surface area (Å²) in [6.45, 7) is 12.2. The predicted molar refractivity (Wildman–Crippen MR) is 86.1 cm³/mol. The topological polar surface area (TPSA) is 20.3 Å². The van der Waals surface area contributed by atoms with Crippen molar-refractivity contribution in [2.75, 3.05) is 12.4 Å². The van der Waals surface area contributed by atoms with Crippen molar-refractivity contribution in [1.29, 1.82) is 0 Å². The van der Waals surface area contributed by atoms with E-state index in [1.807, 2.05) is 4.90 Å². The molecule has 0 radical (unpaired) electrons. The van der Waals surface area contributed by atoms with E-state index in [-0.39, 0.29) is 17.2 Å². The molecule has 0 unspecified atom stereocenters. The molecule has 0 aliphatic heterocycles. The maximum Gasteiger partial charge on any atom is 0.237 e. The molecular weight excluding hydrogens is 270 g/mol. The summed E-state index contributed by atoms with van der Waals surface area (Å²) < 4.78 is 0. The average molecular weight is 296 g/mol. The third-order valence-corrected chi connectivity index (χ3v) is 3.47. The molecule has 1 aromatic rings. The molecule has 0 saturated heterocycles. The lowest BCUT2D eigenvalue weighted by Crippen LogP contribution is -2.34. The lowest BCUT2D eigenvalue weighted by molar-refractivity contribution is -0.129. The molecule has 0 aliphatic carbocycles. The van der Waals surface area contributed by atoms with Gasteiger partial charge in [-0.15, -0.1) is 11.6 Å². The van der Waals surface area contributed by atoms with Gasteiger partial charge in [-0.2, -0.15) is 0 Å². The molecule has 2 nitrogen and oxygen atoms in total. The maximum absolute atomic E-state index is 11.9. The molecule has 0 spiro atoms. The molecule has 0 atom stereocenters. The number of nitrogens with zero attached hydrogens (tertiary/aromatic N) is 1. The Morgan fingerprint density at radius 1 is 1.20 bits per heavy atom. The highest BCUT2D eigenvalue weighted by Gasteiger charge is 2.16. The molecule has 0 bridgehead atoms. The molecular formula is C17H26ClNO. The molecule has 1 amide bonds. The van der Waals surface area contributed by atoms with Gasteiger partial charge in [0.1, 0.15) is 5.88 Å². The summed E-state index contributed by atoms with van der Waals surface area (Å²) in [7, 11) is 0. The lowest BCUT2D eigenvalue weighted by atomic mass is 9.87. The minimum atomic E-state index is 0.000245. The van der Waals surface area contributed by atoms with Crippen LogP contribution in [0.4, 0.5) is 0 Å². The van der Waals surface area contributed by atoms with Gasteiger partial charge in [-0.1, -0.05) is 58.9 Å². The smallest absolute Gasteiger partial charge is 0.237 e. The van der Waals surface area contributed by atoms with Crippen LogP contribution in [0, 0.1) is 5.92 Å². The number of benzene rings is 1. The summed E-state index contributed by atoms with van der Waals surface area (Å²) in [6, 6.07) is 8.51. The molecule has 1 aromatic carbocycles. The molecule has 0 saturated carbocycles. The van der Waals surface area contributed by atoms with Crippen LogP contribution in [0.3, 0.4) is 0 Å². The minimum Gasteiger partial charge on any atom is -0.337 e. The summed E-state index contributed by atoms with van der Waals surface area (Å²) in [5.74, 6) is 0.489. The molecule has 20 heavy (non-hydrogen) atoms. The van der Waals surface area contributed by atoms with Gasteiger partial charge in [-0.3, -0.25) is 4.79 Å². The first kappa shape index (κ1) is 17.0. The van der Waals surface area contributed by atoms with E-state index in [0.717, 1.165) is 12.1 Å². The summed E-state index contributed by atoms with van der Waals surface area (Å²) in [5.41, 5.74) is 2.61. The predicted octanol–water partition coefficient (Wildman–Crippen LogP) is 4.21. The number of halogens is 1. The zero-order valence-corrected chi connectivity index (χ0v) is 14.0. The summed E-state index contributed by atoms with van der Waals surface area (Å²) in [4.78, 5) is 13.7. The second-order valence-electron chi connectivity index (χ2n) is 6.75. The van der Waals surface area contributed by atoms with Gasteiger partial charge in [0, 0.05) is 13.1 Å². The molecule has 0 aliphatic rings. The van der Waals surface area contributed by atoms with E-state index in [4.69, 9.17) is 11.6 Å². The van der Waals surface area contributed by atoms with Crippen LogP contribution in [0.2, 0.25) is 0 Å². The Hall–Kier alpha value is -1.02. The Bertz CT molecular complexity index is 431. The van der Waals surface area contributed by atoms with Gasteiger partial charge in [0.05, 0.1) is 0 Å². The number of hydrogen-bond acceptors (Lipinski definition) is 1. The number of rotatable bonds is 5. The standard InChI is InChI=1S/C17H26ClNO/c1-13(2)11-19(16(20)10-18)12-14-6-8-15(9-7-14)17(3,4)5/h6-9,13H,10-12H2,1-5H3. The van der Waals surface area contributed by atoms with Crippen molar-refractivity contribution < 1.29 is 4.79 Å². The van der Waals surface area contributed by atoms with Crippen molar-refractivity contribution in [2.45, 2.75) is 46.6 Å². The maximum atomic E-state index is 11.9. The molecule has 0 heterocycles. The van der Waals surface area contributed by atoms with Gasteiger partial charge in [-0.05, 0) is 22.5 Å². The van der Waals surface area contributed by atoms with Crippen molar-refractivity contribution in [3.63, 3.8) is 0 Å². The van der Waals surface area contributed by atoms with Crippen molar-refractivity contribution in [1.82, 2.24) is 4.90 Å². The number of amides is 1. The van der Waals surface area contributed by atoms with E-state index in [9.17, 15) is 4.79 Å². The fourth-order valence-corrected chi connectivity index (χ4v) is 2.28. The van der Waals surface area contributed by atoms with Crippen LogP contribution in [0.25, 0.3) is 0 Å². The number of carbonyl (C=O) groups is 1. The van der Waals surface area contributed by atoms with Crippen molar-refractivity contribution in [3.8, 4) is 0 Å². The van der Waals surface area contributed by atoms with Gasteiger partial charge in [0.15, 0.2) is 0 Å². The van der Waals surface area contributed by atoms with Crippen LogP contribution in [-0.4, -0.2) is 23.2 Å². The van der Waals surface area contributed by atoms with Crippen molar-refractivity contribution in [3.05, 3.63) is 35.4 Å². The monoisotopic (exact) mass is 295 g/mol. The highest BCUT2D eigenvalue weighted by atomic mass is 35.5. The lowest BCUT2D eigenvalue weighted by Gasteiger charge is -2.25. The van der Waals surface area contributed by atoms with Gasteiger partial charge in [0.2, 0.25) is 5.91 Å². The highest BCUT2D eigenvalue weighted by molar-refractivity contribution is 6.27. The molecule has 112 valence electrons. The Labute approximate surface area is 128 Å². The molecule has 1 rings (SSSR count). The van der Waals surface area contributed by atoms with Gasteiger partial charge in [-0.25, -0.2) is 0 Å². The first-order valence-corrected chi connectivity index (χ1v) is 7.70. The van der Waals surface area contributed by atoms with Crippen molar-refractivity contribution in [2.24, 2.45) is 5.92 Å². The number of alkyl halides is 1. The van der Waals surface area contributed by atoms with Gasteiger partial charge >= 0.3 is 0 Å². The Balaban J connectivity index is 2.81. The van der Waals surface area contributed by atoms with Crippen LogP contribution in [0.1, 0.15) is 45.7 Å². The Morgan fingerprint density at radius 2 is 1.75 bits per heavy atom. The van der Waals surface area contributed by atoms with Gasteiger partial charge < -0.3 is 4.90 Å². The average Bonchev–Trinajstić information content (AvgIpc) is 2.36. The molecule has 3 heteroatoms. The van der Waals surface area contributed by atoms with Crippen LogP contribution in [0.5, 0.6) is 0 Å². The molecule has 0 N–H and O–H groups in total. The normalized spacial score (nSPS) is 11.8. The number of hydrogen-bond donors (Lipinski definition) is 0. The first-order valence-electron chi connectivity index (χ1n) is 7.17. The van der Waals surface area contributed by atoms with E-state index in [0.29, 0.717) is 12.5 Å². The van der Waals surface area contributed by atoms with Crippen molar-refractivity contribution >= 4 is 17.5 Å². The highest BCUT2D eigenvalue weighted by Crippen LogP contribution is 2.22. The second-order valence-corrected chi connectivity index (χ2v) is 7.02. The largest absolute Gasteiger partial charge is 0.337 e. The molecule has 0 fully saturated rings. The van der Waals surface area contributed by atoms with Crippen LogP contribution < -0.4 is 0 Å². The van der Waals surface area contributed by atoms with E-state index >= 15 is 0 Å². The minimum absolute atomic E-state index is 0.000245. The van der Waals surface area contributed by atoms with Crippen LogP contribution in [-0.2, 0) is 16.8 Å². The zero-order chi connectivity index (χ0) is 15.3. The van der Waals surface area contributed by atoms with E-state index in [1.54, 1.807) is 0 Å². The summed E-state index contributed by atoms with van der Waals surface area (Å²) in [6.07, 6.45) is 0. The SMILES string of the molecule is CC(C)CN(Cc1ccc(C(C)(C)C)cc1)C(=O)CCl. The van der Waals surface area contributed by atoms with Gasteiger partial charge in [0.25, 0.3) is 0 Å². The first-order chi connectivity index (χ1) is 9.24. The third-order valence-electron chi connectivity index (χ3n) is 3.25. The van der Waals surface area contributed by atoms with Crippen LogP contribution in [0.15, 0.2) is 24.3 Å². The summed E-state index contributed by atoms with van der Waals surface area (Å²) >= 11 is 5.69.